The van der Waals surface area contributed by atoms with Crippen molar-refractivity contribution in [1.82, 2.24) is 4.98 Å². The van der Waals surface area contributed by atoms with Gasteiger partial charge in [-0.2, -0.15) is 13.2 Å². The first-order valence-corrected chi connectivity index (χ1v) is 7.80. The summed E-state index contributed by atoms with van der Waals surface area (Å²) in [6.07, 6.45) is -9.19. The summed E-state index contributed by atoms with van der Waals surface area (Å²) in [5.74, 6) is -1.97. The second kappa shape index (κ2) is 7.73. The van der Waals surface area contributed by atoms with Crippen LogP contribution in [-0.2, 0) is 23.9 Å². The van der Waals surface area contributed by atoms with Crippen LogP contribution in [0.25, 0.3) is 11.1 Å². The maximum absolute atomic E-state index is 13.5. The van der Waals surface area contributed by atoms with E-state index in [1.165, 1.54) is 24.3 Å². The Morgan fingerprint density at radius 3 is 2.31 bits per heavy atom. The topological polar surface area (TPSA) is 67.3 Å². The first-order valence-electron chi connectivity index (χ1n) is 6.99. The third-order valence-electron chi connectivity index (χ3n) is 3.44. The Balaban J connectivity index is 3.03. The minimum absolute atomic E-state index is 0.0748. The minimum atomic E-state index is -5.26. The molecule has 0 aliphatic carbocycles. The van der Waals surface area contributed by atoms with Crippen LogP contribution >= 0.6 is 0 Å². The van der Waals surface area contributed by atoms with Crippen LogP contribution in [0, 0.1) is 0 Å². The van der Waals surface area contributed by atoms with Crippen LogP contribution in [0.1, 0.15) is 33.7 Å². The predicted octanol–water partition coefficient (Wildman–Crippen LogP) is 3.96. The summed E-state index contributed by atoms with van der Waals surface area (Å²) < 4.78 is 77.3. The number of aromatic carboxylic acids is 1. The van der Waals surface area contributed by atoms with Gasteiger partial charge in [-0.1, -0.05) is 30.3 Å². The molecule has 0 saturated carbocycles. The Morgan fingerprint density at radius 1 is 1.23 bits per heavy atom. The molecule has 0 fully saturated rings. The Labute approximate surface area is 147 Å². The van der Waals surface area contributed by atoms with E-state index in [4.69, 9.17) is 0 Å². The molecule has 2 aromatic rings. The standard InChI is InChI=1S/C16H10F5NO3S/c17-14(18)12-10(8-4-2-1-3-5-8)9(6-7-26-25)11(15(23)24)13(22-12)16(19,20)21/h1-5,7,14H,6H2,(H,23,24). The lowest BCUT2D eigenvalue weighted by Gasteiger charge is -2.20. The van der Waals surface area contributed by atoms with Crippen LogP contribution in [0.2, 0.25) is 0 Å². The van der Waals surface area contributed by atoms with Crippen LogP contribution in [-0.4, -0.2) is 25.6 Å². The fourth-order valence-electron chi connectivity index (χ4n) is 2.50. The zero-order valence-electron chi connectivity index (χ0n) is 12.8. The van der Waals surface area contributed by atoms with Crippen molar-refractivity contribution < 1.29 is 36.1 Å². The van der Waals surface area contributed by atoms with Crippen molar-refractivity contribution in [2.24, 2.45) is 0 Å². The summed E-state index contributed by atoms with van der Waals surface area (Å²) in [7, 11) is 0. The van der Waals surface area contributed by atoms with Crippen LogP contribution in [0.15, 0.2) is 30.3 Å². The van der Waals surface area contributed by atoms with Crippen LogP contribution in [0.4, 0.5) is 22.0 Å². The molecule has 0 aliphatic rings. The number of pyridine rings is 1. The van der Waals surface area contributed by atoms with Gasteiger partial charge in [-0.15, -0.1) is 0 Å². The smallest absolute Gasteiger partial charge is 0.434 e. The molecule has 0 spiro atoms. The summed E-state index contributed by atoms with van der Waals surface area (Å²) in [5.41, 5.74) is -5.23. The molecule has 0 atom stereocenters. The molecule has 0 amide bonds. The van der Waals surface area contributed by atoms with E-state index in [1.54, 1.807) is 6.07 Å². The summed E-state index contributed by atoms with van der Waals surface area (Å²) in [4.78, 5) is 14.4. The zero-order chi connectivity index (χ0) is 19.5. The molecule has 10 heteroatoms. The molecule has 1 heterocycles. The van der Waals surface area contributed by atoms with Crippen molar-refractivity contribution in [2.45, 2.75) is 19.0 Å². The number of aromatic nitrogens is 1. The van der Waals surface area contributed by atoms with Crippen molar-refractivity contribution >= 4 is 22.6 Å². The highest BCUT2D eigenvalue weighted by Crippen LogP contribution is 2.40. The number of hydrogen-bond acceptors (Lipinski definition) is 3. The molecule has 0 saturated heterocycles. The average Bonchev–Trinajstić information content (AvgIpc) is 2.58. The number of carbonyl (C=O) groups is 1. The minimum Gasteiger partial charge on any atom is -0.478 e. The van der Waals surface area contributed by atoms with Crippen molar-refractivity contribution in [3.8, 4) is 11.1 Å². The Bertz CT molecular complexity index is 878. The first kappa shape index (κ1) is 19.7. The van der Waals surface area contributed by atoms with E-state index < -0.39 is 53.1 Å². The van der Waals surface area contributed by atoms with Gasteiger partial charge in [0.15, 0.2) is 5.69 Å². The number of hydrogen-bond donors (Lipinski definition) is 1. The predicted molar refractivity (Wildman–Crippen MR) is 84.5 cm³/mol. The number of halogens is 5. The van der Waals surface area contributed by atoms with E-state index in [2.05, 4.69) is 4.98 Å². The van der Waals surface area contributed by atoms with Crippen molar-refractivity contribution in [1.29, 1.82) is 0 Å². The second-order valence-electron chi connectivity index (χ2n) is 5.01. The number of rotatable bonds is 5. The van der Waals surface area contributed by atoms with E-state index in [-0.39, 0.29) is 16.8 Å². The van der Waals surface area contributed by atoms with Crippen LogP contribution in [0.5, 0.6) is 0 Å². The highest BCUT2D eigenvalue weighted by Gasteiger charge is 2.41. The highest BCUT2D eigenvalue weighted by molar-refractivity contribution is 7.64. The van der Waals surface area contributed by atoms with Gasteiger partial charge < -0.3 is 5.11 Å². The Hall–Kier alpha value is -2.62. The number of carboxylic acids is 1. The fraction of sp³-hybridized carbons (Fsp3) is 0.188. The van der Waals surface area contributed by atoms with Gasteiger partial charge in [-0.25, -0.2) is 22.8 Å². The van der Waals surface area contributed by atoms with E-state index in [0.29, 0.717) is 0 Å². The van der Waals surface area contributed by atoms with Gasteiger partial charge in [0.2, 0.25) is 0 Å². The lowest BCUT2D eigenvalue weighted by Crippen LogP contribution is -2.21. The highest BCUT2D eigenvalue weighted by atomic mass is 32.1. The van der Waals surface area contributed by atoms with Gasteiger partial charge in [-0.3, -0.25) is 0 Å². The number of benzene rings is 1. The molecule has 0 bridgehead atoms. The van der Waals surface area contributed by atoms with Crippen LogP contribution in [0.3, 0.4) is 0 Å². The van der Waals surface area contributed by atoms with Gasteiger partial charge in [0, 0.05) is 17.4 Å². The quantitative estimate of drug-likeness (QED) is 0.619. The Kier molecular flexibility index (Phi) is 5.86. The summed E-state index contributed by atoms with van der Waals surface area (Å²) >= 11 is -0.109. The third kappa shape index (κ3) is 3.96. The number of alkyl halides is 5. The fourth-order valence-corrected chi connectivity index (χ4v) is 2.73. The second-order valence-corrected chi connectivity index (χ2v) is 5.54. The third-order valence-corrected chi connectivity index (χ3v) is 3.74. The molecule has 0 radical (unpaired) electrons. The molecule has 1 aromatic heterocycles. The van der Waals surface area contributed by atoms with Gasteiger partial charge in [0.05, 0.1) is 16.8 Å². The molecular weight excluding hydrogens is 381 g/mol. The number of nitrogens with zero attached hydrogens (tertiary/aromatic N) is 1. The molecule has 0 aliphatic heterocycles. The zero-order valence-corrected chi connectivity index (χ0v) is 13.6. The molecular formula is C16H10F5NO3S. The molecule has 26 heavy (non-hydrogen) atoms. The molecule has 1 N–H and O–H groups in total. The lowest BCUT2D eigenvalue weighted by atomic mass is 9.91. The summed E-state index contributed by atoms with van der Waals surface area (Å²) in [6.45, 7) is 0. The monoisotopic (exact) mass is 391 g/mol. The molecule has 4 nitrogen and oxygen atoms in total. The first-order chi connectivity index (χ1) is 12.2. The van der Waals surface area contributed by atoms with Crippen molar-refractivity contribution in [3.63, 3.8) is 0 Å². The molecule has 0 unspecified atom stereocenters. The summed E-state index contributed by atoms with van der Waals surface area (Å²) in [6, 6.07) is 7.16. The molecule has 1 aromatic carbocycles. The van der Waals surface area contributed by atoms with E-state index in [9.17, 15) is 36.1 Å². The van der Waals surface area contributed by atoms with Crippen molar-refractivity contribution in [2.75, 3.05) is 0 Å². The van der Waals surface area contributed by atoms with Crippen LogP contribution < -0.4 is 0 Å². The molecule has 138 valence electrons. The SMILES string of the molecule is O=S=CCc1c(C(=O)O)c(C(F)(F)F)nc(C(F)F)c1-c1ccccc1. The lowest BCUT2D eigenvalue weighted by molar-refractivity contribution is -0.142. The largest absolute Gasteiger partial charge is 0.478 e. The number of carboxylic acid groups (broad SMARTS) is 1. The van der Waals surface area contributed by atoms with E-state index >= 15 is 0 Å². The van der Waals surface area contributed by atoms with Gasteiger partial charge in [0.25, 0.3) is 6.43 Å². The van der Waals surface area contributed by atoms with E-state index in [0.717, 1.165) is 5.37 Å². The van der Waals surface area contributed by atoms with Gasteiger partial charge in [0.1, 0.15) is 5.69 Å². The maximum atomic E-state index is 13.5. The van der Waals surface area contributed by atoms with E-state index in [1.807, 2.05) is 0 Å². The Morgan fingerprint density at radius 2 is 1.85 bits per heavy atom. The van der Waals surface area contributed by atoms with Gasteiger partial charge >= 0.3 is 12.1 Å². The normalized spacial score (nSPS) is 11.5. The van der Waals surface area contributed by atoms with Crippen molar-refractivity contribution in [3.05, 3.63) is 52.8 Å². The average molecular weight is 391 g/mol. The summed E-state index contributed by atoms with van der Waals surface area (Å²) in [5, 5.41) is 10.2. The van der Waals surface area contributed by atoms with Gasteiger partial charge in [-0.05, 0) is 11.1 Å². The molecule has 2 rings (SSSR count). The maximum Gasteiger partial charge on any atom is 0.434 e.